The van der Waals surface area contributed by atoms with Crippen LogP contribution in [-0.2, 0) is 17.8 Å². The van der Waals surface area contributed by atoms with Crippen LogP contribution < -0.4 is 15.4 Å². The molecule has 3 atom stereocenters. The van der Waals surface area contributed by atoms with Crippen molar-refractivity contribution in [2.75, 3.05) is 6.61 Å². The summed E-state index contributed by atoms with van der Waals surface area (Å²) in [4.78, 5) is 29.1. The van der Waals surface area contributed by atoms with Gasteiger partial charge in [-0.05, 0) is 57.4 Å². The highest BCUT2D eigenvalue weighted by Gasteiger charge is 2.38. The number of aromatic nitrogens is 2. The number of amides is 2. The molecule has 0 spiro atoms. The molecular formula is C29H34ClF3N4O4. The zero-order valence-corrected chi connectivity index (χ0v) is 24.0. The van der Waals surface area contributed by atoms with Crippen molar-refractivity contribution < 1.29 is 32.6 Å². The van der Waals surface area contributed by atoms with E-state index in [1.807, 2.05) is 48.9 Å². The molecule has 0 fully saturated rings. The zero-order valence-electron chi connectivity index (χ0n) is 23.3. The van der Waals surface area contributed by atoms with E-state index in [0.717, 1.165) is 29.6 Å². The summed E-state index contributed by atoms with van der Waals surface area (Å²) in [5.41, 5.74) is 2.71. The maximum Gasteiger partial charge on any atom is 0.425 e. The number of nitrogens with zero attached hydrogens (tertiary/aromatic N) is 2. The number of hydrogen-bond donors (Lipinski definition) is 3. The number of imidazole rings is 1. The van der Waals surface area contributed by atoms with Gasteiger partial charge in [0.1, 0.15) is 11.6 Å². The fraction of sp³-hybridized carbons (Fsp3) is 0.414. The van der Waals surface area contributed by atoms with Gasteiger partial charge in [-0.15, -0.1) is 0 Å². The molecule has 0 bridgehead atoms. The summed E-state index contributed by atoms with van der Waals surface area (Å²) >= 11 is 6.08. The number of aliphatic hydroxyl groups excluding tert-OH is 1. The Morgan fingerprint density at radius 2 is 1.80 bits per heavy atom. The first-order valence-electron chi connectivity index (χ1n) is 13.2. The normalized spacial score (nSPS) is 13.8. The van der Waals surface area contributed by atoms with E-state index in [9.17, 15) is 27.9 Å². The lowest BCUT2D eigenvalue weighted by Gasteiger charge is -2.20. The van der Waals surface area contributed by atoms with E-state index in [2.05, 4.69) is 10.6 Å². The van der Waals surface area contributed by atoms with Gasteiger partial charge in [-0.3, -0.25) is 9.59 Å². The lowest BCUT2D eigenvalue weighted by molar-refractivity contribution is -0.189. The van der Waals surface area contributed by atoms with Crippen molar-refractivity contribution >= 4 is 23.4 Å². The number of hydrogen-bond acceptors (Lipinski definition) is 5. The Hall–Kier alpha value is -3.57. The van der Waals surface area contributed by atoms with Crippen LogP contribution in [-0.4, -0.2) is 51.4 Å². The molecule has 1 heterocycles. The molecule has 2 unspecified atom stereocenters. The Labute approximate surface area is 241 Å². The molecule has 12 heteroatoms. The Morgan fingerprint density at radius 1 is 1.12 bits per heavy atom. The maximum absolute atomic E-state index is 12.9. The molecule has 0 saturated carbocycles. The Balaban J connectivity index is 1.69. The van der Waals surface area contributed by atoms with E-state index in [1.165, 1.54) is 25.1 Å². The van der Waals surface area contributed by atoms with Crippen LogP contribution in [0.3, 0.4) is 0 Å². The van der Waals surface area contributed by atoms with Crippen LogP contribution >= 0.6 is 11.6 Å². The first kappa shape index (κ1) is 32.0. The summed E-state index contributed by atoms with van der Waals surface area (Å²) in [6.45, 7) is 6.75. The number of halogens is 4. The van der Waals surface area contributed by atoms with Crippen molar-refractivity contribution in [1.82, 2.24) is 20.2 Å². The molecule has 41 heavy (non-hydrogen) atoms. The molecule has 222 valence electrons. The van der Waals surface area contributed by atoms with Gasteiger partial charge in [-0.25, -0.2) is 4.98 Å². The van der Waals surface area contributed by atoms with Crippen molar-refractivity contribution in [3.63, 3.8) is 0 Å². The van der Waals surface area contributed by atoms with Crippen LogP contribution in [0.15, 0.2) is 48.7 Å². The second kappa shape index (κ2) is 13.9. The molecule has 0 aliphatic heterocycles. The molecular weight excluding hydrogens is 561 g/mol. The quantitative estimate of drug-likeness (QED) is 0.258. The largest absolute Gasteiger partial charge is 0.480 e. The van der Waals surface area contributed by atoms with Gasteiger partial charge in [0.15, 0.2) is 6.10 Å². The summed E-state index contributed by atoms with van der Waals surface area (Å²) in [6.07, 6.45) is -3.96. The average molecular weight is 595 g/mol. The van der Waals surface area contributed by atoms with E-state index < -0.39 is 24.2 Å². The average Bonchev–Trinajstić information content (AvgIpc) is 3.34. The highest BCUT2D eigenvalue weighted by molar-refractivity contribution is 6.32. The monoisotopic (exact) mass is 594 g/mol. The van der Waals surface area contributed by atoms with E-state index in [4.69, 9.17) is 21.3 Å². The van der Waals surface area contributed by atoms with Gasteiger partial charge in [-0.1, -0.05) is 35.9 Å². The highest BCUT2D eigenvalue weighted by atomic mass is 35.5. The molecule has 1 aromatic heterocycles. The van der Waals surface area contributed by atoms with Crippen molar-refractivity contribution in [3.8, 4) is 17.0 Å². The van der Waals surface area contributed by atoms with Crippen molar-refractivity contribution in [1.29, 1.82) is 0 Å². The van der Waals surface area contributed by atoms with E-state index in [1.54, 1.807) is 0 Å². The standard InChI is InChI=1S/C29H34ClF3N4O4/c1-5-37-16-25(36-27(37)17(2)34-19(4)39)21-8-6-20(7-9-21)14-23(12-13-38)35-28(40)22-10-11-26(24(30)15-22)41-18(3)29(31,32)33/h6-11,15-18,23,38H,5,12-14H2,1-4H3,(H,34,39)(H,35,40)/t17-,18?,23?/m0/s1. The van der Waals surface area contributed by atoms with Crippen LogP contribution in [0, 0.1) is 0 Å². The van der Waals surface area contributed by atoms with Crippen molar-refractivity contribution in [2.45, 2.75) is 71.4 Å². The minimum atomic E-state index is -4.55. The minimum absolute atomic E-state index is 0.122. The second-order valence-electron chi connectivity index (χ2n) is 9.72. The number of rotatable bonds is 12. The summed E-state index contributed by atoms with van der Waals surface area (Å²) in [7, 11) is 0. The predicted molar refractivity (Wildman–Crippen MR) is 150 cm³/mol. The van der Waals surface area contributed by atoms with Gasteiger partial charge in [0.2, 0.25) is 5.91 Å². The van der Waals surface area contributed by atoms with E-state index >= 15 is 0 Å². The lowest BCUT2D eigenvalue weighted by Crippen LogP contribution is -2.37. The van der Waals surface area contributed by atoms with Gasteiger partial charge in [0.05, 0.1) is 16.8 Å². The number of ether oxygens (including phenoxy) is 1. The number of aliphatic hydroxyl groups is 1. The summed E-state index contributed by atoms with van der Waals surface area (Å²) < 4.78 is 45.3. The molecule has 2 aromatic carbocycles. The first-order chi connectivity index (χ1) is 19.3. The molecule has 0 saturated heterocycles. The molecule has 2 amide bonds. The van der Waals surface area contributed by atoms with Gasteiger partial charge in [0, 0.05) is 43.4 Å². The van der Waals surface area contributed by atoms with Gasteiger partial charge in [-0.2, -0.15) is 13.2 Å². The lowest BCUT2D eigenvalue weighted by atomic mass is 10.0. The van der Waals surface area contributed by atoms with Gasteiger partial charge in [0.25, 0.3) is 5.91 Å². The van der Waals surface area contributed by atoms with Gasteiger partial charge < -0.3 is 25.0 Å². The third-order valence-corrected chi connectivity index (χ3v) is 6.75. The summed E-state index contributed by atoms with van der Waals surface area (Å²) in [5, 5.41) is 15.1. The molecule has 0 radical (unpaired) electrons. The SMILES string of the molecule is CCn1cc(-c2ccc(CC(CCO)NC(=O)c3ccc(OC(C)C(F)(F)F)c(Cl)c3)cc2)nc1[C@H](C)NC(C)=O. The molecule has 3 rings (SSSR count). The topological polar surface area (TPSA) is 105 Å². The number of carbonyl (C=O) groups is 2. The molecule has 0 aliphatic carbocycles. The number of benzene rings is 2. The summed E-state index contributed by atoms with van der Waals surface area (Å²) in [5.74, 6) is -0.0471. The van der Waals surface area contributed by atoms with E-state index in [0.29, 0.717) is 13.0 Å². The number of aryl methyl sites for hydroxylation is 1. The Kier molecular flexibility index (Phi) is 10.8. The van der Waals surface area contributed by atoms with Crippen LogP contribution in [0.25, 0.3) is 11.3 Å². The molecule has 3 N–H and O–H groups in total. The molecule has 8 nitrogen and oxygen atoms in total. The van der Waals surface area contributed by atoms with Crippen LogP contribution in [0.5, 0.6) is 5.75 Å². The maximum atomic E-state index is 12.9. The third-order valence-electron chi connectivity index (χ3n) is 6.46. The fourth-order valence-corrected chi connectivity index (χ4v) is 4.50. The predicted octanol–water partition coefficient (Wildman–Crippen LogP) is 5.47. The van der Waals surface area contributed by atoms with Crippen LogP contribution in [0.2, 0.25) is 5.02 Å². The Morgan fingerprint density at radius 3 is 2.37 bits per heavy atom. The molecule has 3 aromatic rings. The number of nitrogens with one attached hydrogen (secondary N) is 2. The fourth-order valence-electron chi connectivity index (χ4n) is 4.28. The number of alkyl halides is 3. The van der Waals surface area contributed by atoms with Crippen LogP contribution in [0.4, 0.5) is 13.2 Å². The molecule has 0 aliphatic rings. The Bertz CT molecular complexity index is 1340. The zero-order chi connectivity index (χ0) is 30.3. The van der Waals surface area contributed by atoms with Gasteiger partial charge >= 0.3 is 6.18 Å². The van der Waals surface area contributed by atoms with Crippen LogP contribution in [0.1, 0.15) is 61.9 Å². The van der Waals surface area contributed by atoms with Crippen molar-refractivity contribution in [3.05, 3.63) is 70.6 Å². The third kappa shape index (κ3) is 8.71. The first-order valence-corrected chi connectivity index (χ1v) is 13.6. The second-order valence-corrected chi connectivity index (χ2v) is 10.1. The highest BCUT2D eigenvalue weighted by Crippen LogP contribution is 2.31. The number of carbonyl (C=O) groups excluding carboxylic acids is 2. The van der Waals surface area contributed by atoms with Crippen molar-refractivity contribution in [2.24, 2.45) is 0 Å². The summed E-state index contributed by atoms with van der Waals surface area (Å²) in [6, 6.07) is 10.8. The van der Waals surface area contributed by atoms with E-state index in [-0.39, 0.29) is 41.3 Å². The minimum Gasteiger partial charge on any atom is -0.480 e. The smallest absolute Gasteiger partial charge is 0.425 e.